The summed E-state index contributed by atoms with van der Waals surface area (Å²) in [4.78, 5) is 0. The number of thiophene rings is 1. The molecule has 0 fully saturated rings. The predicted octanol–water partition coefficient (Wildman–Crippen LogP) is 3.19. The molecule has 4 heteroatoms. The summed E-state index contributed by atoms with van der Waals surface area (Å²) in [6.07, 6.45) is 2.05. The van der Waals surface area contributed by atoms with Gasteiger partial charge in [0, 0.05) is 24.2 Å². The quantitative estimate of drug-likeness (QED) is 0.733. The molecule has 76 valence electrons. The molecule has 2 aromatic heterocycles. The lowest BCUT2D eigenvalue weighted by molar-refractivity contribution is 0.770. The number of nitrogens with zero attached hydrogens (tertiary/aromatic N) is 2. The third kappa shape index (κ3) is 1.83. The Morgan fingerprint density at radius 1 is 1.21 bits per heavy atom. The first kappa shape index (κ1) is 11.3. The smallest absolute Gasteiger partial charge is 0.0963 e. The summed E-state index contributed by atoms with van der Waals surface area (Å²) >= 11 is 1.73. The molecule has 0 aromatic carbocycles. The van der Waals surface area contributed by atoms with E-state index in [1.165, 1.54) is 16.7 Å². The van der Waals surface area contributed by atoms with E-state index in [-0.39, 0.29) is 12.4 Å². The summed E-state index contributed by atoms with van der Waals surface area (Å²) < 4.78 is 1.86. The van der Waals surface area contributed by atoms with Crippen LogP contribution in [0.1, 0.15) is 11.1 Å². The van der Waals surface area contributed by atoms with Crippen LogP contribution >= 0.6 is 23.7 Å². The zero-order valence-corrected chi connectivity index (χ0v) is 10.1. The van der Waals surface area contributed by atoms with Gasteiger partial charge in [-0.3, -0.25) is 4.68 Å². The Hall–Kier alpha value is -0.800. The van der Waals surface area contributed by atoms with Gasteiger partial charge in [-0.15, -0.1) is 12.4 Å². The zero-order valence-electron chi connectivity index (χ0n) is 8.44. The zero-order chi connectivity index (χ0) is 9.42. The largest absolute Gasteiger partial charge is 0.275 e. The summed E-state index contributed by atoms with van der Waals surface area (Å²) in [5.41, 5.74) is 4.93. The Morgan fingerprint density at radius 2 is 1.93 bits per heavy atom. The van der Waals surface area contributed by atoms with Crippen molar-refractivity contribution >= 4 is 23.7 Å². The van der Waals surface area contributed by atoms with Crippen molar-refractivity contribution in [3.8, 4) is 11.3 Å². The third-order valence-electron chi connectivity index (χ3n) is 2.12. The first-order chi connectivity index (χ1) is 6.18. The van der Waals surface area contributed by atoms with Crippen molar-refractivity contribution in [1.29, 1.82) is 0 Å². The van der Waals surface area contributed by atoms with Crippen molar-refractivity contribution in [3.63, 3.8) is 0 Å². The molecule has 0 atom stereocenters. The maximum absolute atomic E-state index is 4.44. The first-order valence-electron chi connectivity index (χ1n) is 4.22. The fraction of sp³-hybridized carbons (Fsp3) is 0.300. The molecule has 2 nitrogen and oxygen atoms in total. The lowest BCUT2D eigenvalue weighted by Crippen LogP contribution is -1.87. The van der Waals surface area contributed by atoms with Crippen LogP contribution in [0.4, 0.5) is 0 Å². The standard InChI is InChI=1S/C10H12N2S.ClH/c1-7-4-12(3)11-10(7)9-6-13-5-8(9)2;/h4-6H,1-3H3;1H. The van der Waals surface area contributed by atoms with E-state index in [4.69, 9.17) is 0 Å². The predicted molar refractivity (Wildman–Crippen MR) is 63.2 cm³/mol. The highest BCUT2D eigenvalue weighted by Crippen LogP contribution is 2.27. The van der Waals surface area contributed by atoms with Gasteiger partial charge in [-0.25, -0.2) is 0 Å². The number of aromatic nitrogens is 2. The highest BCUT2D eigenvalue weighted by Gasteiger charge is 2.09. The lowest BCUT2D eigenvalue weighted by atomic mass is 10.1. The van der Waals surface area contributed by atoms with Gasteiger partial charge in [0.2, 0.25) is 0 Å². The van der Waals surface area contributed by atoms with Crippen LogP contribution in [0.5, 0.6) is 0 Å². The maximum atomic E-state index is 4.44. The second kappa shape index (κ2) is 4.15. The Balaban J connectivity index is 0.000000980. The topological polar surface area (TPSA) is 17.8 Å². The van der Waals surface area contributed by atoms with E-state index in [0.29, 0.717) is 0 Å². The Labute approximate surface area is 94.0 Å². The van der Waals surface area contributed by atoms with E-state index in [9.17, 15) is 0 Å². The fourth-order valence-electron chi connectivity index (χ4n) is 1.48. The van der Waals surface area contributed by atoms with Crippen molar-refractivity contribution in [2.24, 2.45) is 7.05 Å². The van der Waals surface area contributed by atoms with Crippen LogP contribution < -0.4 is 0 Å². The summed E-state index contributed by atoms with van der Waals surface area (Å²) in [5, 5.41) is 8.75. The van der Waals surface area contributed by atoms with Crippen molar-refractivity contribution in [1.82, 2.24) is 9.78 Å². The minimum Gasteiger partial charge on any atom is -0.275 e. The fourth-order valence-corrected chi connectivity index (χ4v) is 2.31. The molecular weight excluding hydrogens is 216 g/mol. The summed E-state index contributed by atoms with van der Waals surface area (Å²) in [6, 6.07) is 0. The van der Waals surface area contributed by atoms with Gasteiger partial charge in [0.1, 0.15) is 0 Å². The molecule has 0 aliphatic heterocycles. The second-order valence-corrected chi connectivity index (χ2v) is 4.05. The number of halogens is 1. The van der Waals surface area contributed by atoms with Gasteiger partial charge in [-0.2, -0.15) is 16.4 Å². The van der Waals surface area contributed by atoms with Crippen LogP contribution in [0.3, 0.4) is 0 Å². The van der Waals surface area contributed by atoms with E-state index in [1.54, 1.807) is 11.3 Å². The molecule has 0 spiro atoms. The highest BCUT2D eigenvalue weighted by atomic mass is 35.5. The molecule has 0 bridgehead atoms. The summed E-state index contributed by atoms with van der Waals surface area (Å²) in [5.74, 6) is 0. The molecule has 0 aliphatic carbocycles. The molecule has 0 amide bonds. The molecule has 2 heterocycles. The number of rotatable bonds is 1. The molecule has 0 unspecified atom stereocenters. The van der Waals surface area contributed by atoms with Crippen LogP contribution in [0.2, 0.25) is 0 Å². The lowest BCUT2D eigenvalue weighted by Gasteiger charge is -1.95. The van der Waals surface area contributed by atoms with E-state index in [0.717, 1.165) is 5.69 Å². The van der Waals surface area contributed by atoms with Crippen molar-refractivity contribution < 1.29 is 0 Å². The van der Waals surface area contributed by atoms with Crippen LogP contribution in [-0.4, -0.2) is 9.78 Å². The Morgan fingerprint density at radius 3 is 2.36 bits per heavy atom. The van der Waals surface area contributed by atoms with Gasteiger partial charge in [0.05, 0.1) is 5.69 Å². The van der Waals surface area contributed by atoms with Crippen LogP contribution in [0, 0.1) is 13.8 Å². The van der Waals surface area contributed by atoms with Crippen molar-refractivity contribution in [2.75, 3.05) is 0 Å². The SMILES string of the molecule is Cc1cscc1-c1nn(C)cc1C.Cl. The summed E-state index contributed by atoms with van der Waals surface area (Å²) in [7, 11) is 1.96. The van der Waals surface area contributed by atoms with Gasteiger partial charge >= 0.3 is 0 Å². The molecule has 0 N–H and O–H groups in total. The van der Waals surface area contributed by atoms with E-state index in [2.05, 4.69) is 29.7 Å². The van der Waals surface area contributed by atoms with E-state index >= 15 is 0 Å². The number of hydrogen-bond acceptors (Lipinski definition) is 2. The van der Waals surface area contributed by atoms with Crippen LogP contribution in [-0.2, 0) is 7.05 Å². The third-order valence-corrected chi connectivity index (χ3v) is 2.98. The van der Waals surface area contributed by atoms with Gasteiger partial charge in [0.15, 0.2) is 0 Å². The molecule has 0 aliphatic rings. The minimum absolute atomic E-state index is 0. The van der Waals surface area contributed by atoms with Crippen LogP contribution in [0.25, 0.3) is 11.3 Å². The maximum Gasteiger partial charge on any atom is 0.0963 e. The van der Waals surface area contributed by atoms with Gasteiger partial charge in [-0.1, -0.05) is 0 Å². The molecule has 14 heavy (non-hydrogen) atoms. The Bertz CT molecular complexity index is 431. The van der Waals surface area contributed by atoms with Crippen molar-refractivity contribution in [3.05, 3.63) is 28.1 Å². The minimum atomic E-state index is 0. The van der Waals surface area contributed by atoms with E-state index in [1.807, 2.05) is 17.9 Å². The number of aryl methyl sites for hydroxylation is 3. The molecular formula is C10H13ClN2S. The molecule has 2 aromatic rings. The number of hydrogen-bond donors (Lipinski definition) is 0. The van der Waals surface area contributed by atoms with Gasteiger partial charge in [0.25, 0.3) is 0 Å². The average Bonchev–Trinajstić information content (AvgIpc) is 2.58. The van der Waals surface area contributed by atoms with Crippen LogP contribution in [0.15, 0.2) is 17.0 Å². The molecule has 0 saturated carbocycles. The van der Waals surface area contributed by atoms with Crippen molar-refractivity contribution in [2.45, 2.75) is 13.8 Å². The average molecular weight is 229 g/mol. The van der Waals surface area contributed by atoms with Gasteiger partial charge in [-0.05, 0) is 30.4 Å². The molecule has 0 radical (unpaired) electrons. The normalized spacial score (nSPS) is 9.93. The van der Waals surface area contributed by atoms with E-state index < -0.39 is 0 Å². The second-order valence-electron chi connectivity index (χ2n) is 3.30. The molecule has 0 saturated heterocycles. The Kier molecular flexibility index (Phi) is 3.34. The monoisotopic (exact) mass is 228 g/mol. The first-order valence-corrected chi connectivity index (χ1v) is 5.16. The molecule has 2 rings (SSSR count). The van der Waals surface area contributed by atoms with Gasteiger partial charge < -0.3 is 0 Å². The highest BCUT2D eigenvalue weighted by molar-refractivity contribution is 7.08. The summed E-state index contributed by atoms with van der Waals surface area (Å²) in [6.45, 7) is 4.22.